The highest BCUT2D eigenvalue weighted by molar-refractivity contribution is 5.17. The lowest BCUT2D eigenvalue weighted by atomic mass is 9.86. The molecule has 0 saturated carbocycles. The third kappa shape index (κ3) is 9.33. The number of nitrogens with zero attached hydrogens (tertiary/aromatic N) is 1. The zero-order chi connectivity index (χ0) is 40.0. The zero-order valence-electron chi connectivity index (χ0n) is 25.3. The molecule has 1 rings (SSSR count). The third-order valence-corrected chi connectivity index (χ3v) is 6.91. The molecule has 0 unspecified atom stereocenters. The van der Waals surface area contributed by atoms with E-state index in [9.17, 15) is 92.2 Å². The lowest BCUT2D eigenvalue weighted by Gasteiger charge is -2.44. The number of hydrogen-bond acceptors (Lipinski definition) is 6. The number of hydrogen-bond donors (Lipinski definition) is 0. The van der Waals surface area contributed by atoms with Crippen LogP contribution in [0.15, 0.2) is 0 Å². The second-order valence-electron chi connectivity index (χ2n) is 10.5. The Morgan fingerprint density at radius 3 is 1.00 bits per heavy atom. The van der Waals surface area contributed by atoms with Crippen LogP contribution in [0, 0.1) is 0 Å². The predicted molar refractivity (Wildman–Crippen MR) is 126 cm³/mol. The van der Waals surface area contributed by atoms with Crippen LogP contribution in [0.4, 0.5) is 92.2 Å². The topological polar surface area (TPSA) is 49.4 Å². The summed E-state index contributed by atoms with van der Waals surface area (Å²) in [6.45, 7) is -1.56. The van der Waals surface area contributed by atoms with Gasteiger partial charge < -0.3 is 23.7 Å². The van der Waals surface area contributed by atoms with Gasteiger partial charge in [-0.3, -0.25) is 4.90 Å². The van der Waals surface area contributed by atoms with Crippen LogP contribution in [0.1, 0.15) is 6.42 Å². The van der Waals surface area contributed by atoms with E-state index in [1.165, 1.54) is 4.90 Å². The molecule has 1 aliphatic rings. The maximum atomic E-state index is 14.1. The minimum atomic E-state index is -9.20. The molecule has 1 fully saturated rings. The Hall–Kier alpha value is -1.71. The lowest BCUT2D eigenvalue weighted by Crippen LogP contribution is -2.76. The summed E-state index contributed by atoms with van der Waals surface area (Å²) in [6.07, 6.45) is -10.8. The molecule has 0 amide bonds. The molecule has 0 bridgehead atoms. The quantitative estimate of drug-likeness (QED) is 0.139. The van der Waals surface area contributed by atoms with Crippen molar-refractivity contribution in [2.45, 2.75) is 65.9 Å². The van der Waals surface area contributed by atoms with Gasteiger partial charge in [-0.1, -0.05) is 0 Å². The van der Waals surface area contributed by atoms with Gasteiger partial charge in [0.25, 0.3) is 0 Å². The molecule has 0 aliphatic carbocycles. The fraction of sp³-hybridized carbons (Fsp3) is 1.00. The first-order chi connectivity index (χ1) is 22.8. The van der Waals surface area contributed by atoms with Crippen LogP contribution >= 0.6 is 0 Å². The second kappa shape index (κ2) is 16.8. The summed E-state index contributed by atoms with van der Waals surface area (Å²) in [5.41, 5.74) is 0. The SMILES string of the molecule is FC(F)(F)C(F)(F)C(F)(F)C(F)(F)C(F)(F)C(F)(F)C(F)(F)C(F)(F)C(F)(F)C(F)(F)CCOCCN1CCOCCOCCOCCOCC1. The van der Waals surface area contributed by atoms with Gasteiger partial charge in [-0.15, -0.1) is 0 Å². The van der Waals surface area contributed by atoms with E-state index in [1.807, 2.05) is 0 Å². The standard InChI is InChI=1S/C24H28F21NO5/c25-15(26,1-5-47-6-2-46-3-7-48-9-11-50-13-14-51-12-10-49-8-4-46)16(27,28)17(29,30)18(31,32)19(33,34)20(35,36)21(37,38)22(39,40)23(41,42)24(43,44)45/h1-14H2. The third-order valence-electron chi connectivity index (χ3n) is 6.91. The molecule has 0 N–H and O–H groups in total. The molecule has 306 valence electrons. The second-order valence-corrected chi connectivity index (χ2v) is 10.5. The molecule has 1 aliphatic heterocycles. The van der Waals surface area contributed by atoms with Gasteiger partial charge >= 0.3 is 59.5 Å². The van der Waals surface area contributed by atoms with E-state index < -0.39 is 79.1 Å². The zero-order valence-corrected chi connectivity index (χ0v) is 25.3. The van der Waals surface area contributed by atoms with Gasteiger partial charge in [0.2, 0.25) is 0 Å². The first-order valence-corrected chi connectivity index (χ1v) is 13.9. The summed E-state index contributed by atoms with van der Waals surface area (Å²) < 4.78 is 309. The average molecular weight is 809 g/mol. The van der Waals surface area contributed by atoms with Gasteiger partial charge in [0.15, 0.2) is 0 Å². The Bertz CT molecular complexity index is 1060. The summed E-state index contributed by atoms with van der Waals surface area (Å²) in [5, 5.41) is 0. The highest BCUT2D eigenvalue weighted by atomic mass is 19.4. The number of alkyl halides is 21. The normalized spacial score (nSPS) is 19.5. The van der Waals surface area contributed by atoms with Gasteiger partial charge in [-0.05, 0) is 0 Å². The van der Waals surface area contributed by atoms with E-state index in [0.29, 0.717) is 0 Å². The van der Waals surface area contributed by atoms with E-state index in [-0.39, 0.29) is 72.5 Å². The maximum Gasteiger partial charge on any atom is 0.460 e. The minimum Gasteiger partial charge on any atom is -0.380 e. The Morgan fingerprint density at radius 2 is 0.667 bits per heavy atom. The van der Waals surface area contributed by atoms with Gasteiger partial charge in [0.1, 0.15) is 0 Å². The summed E-state index contributed by atoms with van der Waals surface area (Å²) in [5.74, 6) is -77.1. The van der Waals surface area contributed by atoms with Crippen LogP contribution in [-0.2, 0) is 23.7 Å². The lowest BCUT2D eigenvalue weighted by molar-refractivity contribution is -0.474. The van der Waals surface area contributed by atoms with Crippen LogP contribution in [-0.4, -0.2) is 150 Å². The number of halogens is 21. The van der Waals surface area contributed by atoms with Crippen molar-refractivity contribution >= 4 is 0 Å². The summed E-state index contributed by atoms with van der Waals surface area (Å²) in [7, 11) is 0. The van der Waals surface area contributed by atoms with Crippen LogP contribution in [0.2, 0.25) is 0 Å². The van der Waals surface area contributed by atoms with E-state index in [4.69, 9.17) is 18.9 Å². The molecule has 0 aromatic rings. The van der Waals surface area contributed by atoms with E-state index >= 15 is 0 Å². The number of ether oxygens (including phenoxy) is 5. The van der Waals surface area contributed by atoms with Crippen molar-refractivity contribution in [1.29, 1.82) is 0 Å². The van der Waals surface area contributed by atoms with Crippen molar-refractivity contribution in [2.75, 3.05) is 85.7 Å². The molecule has 27 heteroatoms. The van der Waals surface area contributed by atoms with E-state index in [0.717, 1.165) is 0 Å². The molecule has 6 nitrogen and oxygen atoms in total. The molecule has 1 heterocycles. The van der Waals surface area contributed by atoms with E-state index in [2.05, 4.69) is 4.74 Å². The van der Waals surface area contributed by atoms with Crippen molar-refractivity contribution in [3.05, 3.63) is 0 Å². The number of rotatable bonds is 14. The fourth-order valence-corrected chi connectivity index (χ4v) is 3.73. The molecule has 0 aromatic carbocycles. The van der Waals surface area contributed by atoms with Crippen molar-refractivity contribution < 1.29 is 116 Å². The monoisotopic (exact) mass is 809 g/mol. The molecule has 0 spiro atoms. The highest BCUT2D eigenvalue weighted by Crippen LogP contribution is 2.66. The first-order valence-electron chi connectivity index (χ1n) is 13.9. The van der Waals surface area contributed by atoms with Gasteiger partial charge in [-0.25, -0.2) is 0 Å². The van der Waals surface area contributed by atoms with Crippen molar-refractivity contribution in [1.82, 2.24) is 4.90 Å². The molecule has 0 radical (unpaired) electrons. The molecule has 0 aromatic heterocycles. The molecular formula is C24H28F21NO5. The van der Waals surface area contributed by atoms with Gasteiger partial charge in [0.05, 0.1) is 66.1 Å². The summed E-state index contributed by atoms with van der Waals surface area (Å²) >= 11 is 0. The molecule has 1 saturated heterocycles. The summed E-state index contributed by atoms with van der Waals surface area (Å²) in [6, 6.07) is 0. The maximum absolute atomic E-state index is 14.1. The average Bonchev–Trinajstić information content (AvgIpc) is 2.99. The fourth-order valence-electron chi connectivity index (χ4n) is 3.73. The van der Waals surface area contributed by atoms with Crippen LogP contribution < -0.4 is 0 Å². The van der Waals surface area contributed by atoms with Gasteiger partial charge in [0, 0.05) is 26.1 Å². The van der Waals surface area contributed by atoms with Crippen molar-refractivity contribution in [3.63, 3.8) is 0 Å². The molecular weight excluding hydrogens is 781 g/mol. The van der Waals surface area contributed by atoms with E-state index in [1.54, 1.807) is 0 Å². The Labute approximate surface area is 273 Å². The van der Waals surface area contributed by atoms with Crippen LogP contribution in [0.3, 0.4) is 0 Å². The van der Waals surface area contributed by atoms with Crippen molar-refractivity contribution in [2.24, 2.45) is 0 Å². The highest BCUT2D eigenvalue weighted by Gasteiger charge is 2.97. The Morgan fingerprint density at radius 1 is 0.373 bits per heavy atom. The molecule has 51 heavy (non-hydrogen) atoms. The largest absolute Gasteiger partial charge is 0.460 e. The summed E-state index contributed by atoms with van der Waals surface area (Å²) in [4.78, 5) is 1.45. The Balaban J connectivity index is 3.10. The van der Waals surface area contributed by atoms with Crippen LogP contribution in [0.5, 0.6) is 0 Å². The predicted octanol–water partition coefficient (Wildman–Crippen LogP) is 7.06. The smallest absolute Gasteiger partial charge is 0.380 e. The molecule has 0 atom stereocenters. The first kappa shape index (κ1) is 47.3. The van der Waals surface area contributed by atoms with Gasteiger partial charge in [-0.2, -0.15) is 92.2 Å². The van der Waals surface area contributed by atoms with Crippen LogP contribution in [0.25, 0.3) is 0 Å². The Kier molecular flexibility index (Phi) is 15.5. The minimum absolute atomic E-state index is 0.0193. The van der Waals surface area contributed by atoms with Crippen molar-refractivity contribution in [3.8, 4) is 0 Å².